The van der Waals surface area contributed by atoms with Crippen LogP contribution in [0.25, 0.3) is 0 Å². The smallest absolute Gasteiger partial charge is 0.224 e. The summed E-state index contributed by atoms with van der Waals surface area (Å²) in [5, 5.41) is 14.4. The molecular weight excluding hydrogens is 388 g/mol. The van der Waals surface area contributed by atoms with E-state index in [0.29, 0.717) is 34.8 Å². The summed E-state index contributed by atoms with van der Waals surface area (Å²) < 4.78 is 0. The standard InChI is InChI=1S/C23H23ClN2O3/c1-13(27)26-17-5-4-6-18(28)21(17)25-16-11-23(2,3)12-19(29)20(16)22(26)14-7-9-15(24)10-8-14/h4-10,22,25,28H,11-12H2,1-3H3. The molecule has 1 aliphatic heterocycles. The lowest BCUT2D eigenvalue weighted by Crippen LogP contribution is -2.38. The van der Waals surface area contributed by atoms with E-state index in [2.05, 4.69) is 5.32 Å². The Morgan fingerprint density at radius 2 is 1.86 bits per heavy atom. The minimum absolute atomic E-state index is 0.00208. The summed E-state index contributed by atoms with van der Waals surface area (Å²) in [5.74, 6) is -0.180. The highest BCUT2D eigenvalue weighted by Gasteiger charge is 2.43. The number of nitrogens with one attached hydrogen (secondary N) is 1. The summed E-state index contributed by atoms with van der Waals surface area (Å²) in [6.07, 6.45) is 1.03. The summed E-state index contributed by atoms with van der Waals surface area (Å²) in [6, 6.07) is 11.6. The van der Waals surface area contributed by atoms with Crippen LogP contribution in [-0.4, -0.2) is 16.8 Å². The van der Waals surface area contributed by atoms with Crippen molar-refractivity contribution in [2.45, 2.75) is 39.7 Å². The number of carbonyl (C=O) groups is 2. The van der Waals surface area contributed by atoms with Gasteiger partial charge in [-0.2, -0.15) is 0 Å². The molecule has 6 heteroatoms. The van der Waals surface area contributed by atoms with Crippen molar-refractivity contribution in [3.8, 4) is 5.75 Å². The van der Waals surface area contributed by atoms with Gasteiger partial charge >= 0.3 is 0 Å². The Bertz CT molecular complexity index is 1040. The molecule has 4 rings (SSSR count). The van der Waals surface area contributed by atoms with Crippen molar-refractivity contribution >= 4 is 34.7 Å². The molecule has 2 aromatic carbocycles. The number of ketones is 1. The van der Waals surface area contributed by atoms with Crippen molar-refractivity contribution in [3.05, 3.63) is 64.3 Å². The quantitative estimate of drug-likeness (QED) is 0.633. The predicted octanol–water partition coefficient (Wildman–Crippen LogP) is 5.21. The Balaban J connectivity index is 2.03. The van der Waals surface area contributed by atoms with Gasteiger partial charge in [0, 0.05) is 29.6 Å². The van der Waals surface area contributed by atoms with Crippen LogP contribution in [0.1, 0.15) is 45.2 Å². The van der Waals surface area contributed by atoms with Gasteiger partial charge in [-0.15, -0.1) is 0 Å². The number of hydrogen-bond donors (Lipinski definition) is 2. The van der Waals surface area contributed by atoms with E-state index in [9.17, 15) is 14.7 Å². The molecule has 2 aromatic rings. The van der Waals surface area contributed by atoms with Gasteiger partial charge in [0.25, 0.3) is 0 Å². The Morgan fingerprint density at radius 1 is 1.17 bits per heavy atom. The number of aromatic hydroxyl groups is 1. The number of nitrogens with zero attached hydrogens (tertiary/aromatic N) is 1. The van der Waals surface area contributed by atoms with Crippen LogP contribution < -0.4 is 10.2 Å². The molecule has 0 bridgehead atoms. The number of para-hydroxylation sites is 1. The molecule has 1 aliphatic carbocycles. The minimum atomic E-state index is -0.598. The Labute approximate surface area is 175 Å². The Kier molecular flexibility index (Phi) is 4.66. The van der Waals surface area contributed by atoms with Crippen LogP contribution in [0.5, 0.6) is 5.75 Å². The average Bonchev–Trinajstić information content (AvgIpc) is 2.77. The van der Waals surface area contributed by atoms with Gasteiger partial charge in [0.1, 0.15) is 11.4 Å². The first kappa shape index (κ1) is 19.5. The molecule has 0 spiro atoms. The number of phenolic OH excluding ortho intramolecular Hbond substituents is 1. The van der Waals surface area contributed by atoms with E-state index < -0.39 is 6.04 Å². The molecule has 5 nitrogen and oxygen atoms in total. The first-order valence-electron chi connectivity index (χ1n) is 9.58. The fourth-order valence-corrected chi connectivity index (χ4v) is 4.48. The van der Waals surface area contributed by atoms with Crippen LogP contribution in [-0.2, 0) is 9.59 Å². The van der Waals surface area contributed by atoms with Gasteiger partial charge < -0.3 is 10.4 Å². The third-order valence-electron chi connectivity index (χ3n) is 5.53. The monoisotopic (exact) mass is 410 g/mol. The van der Waals surface area contributed by atoms with Gasteiger partial charge in [0.15, 0.2) is 5.78 Å². The first-order valence-corrected chi connectivity index (χ1v) is 9.96. The number of allylic oxidation sites excluding steroid dienone is 1. The second kappa shape index (κ2) is 6.92. The van der Waals surface area contributed by atoms with E-state index in [1.807, 2.05) is 26.0 Å². The van der Waals surface area contributed by atoms with Gasteiger partial charge in [0.2, 0.25) is 5.91 Å². The number of anilines is 2. The highest BCUT2D eigenvalue weighted by atomic mass is 35.5. The Morgan fingerprint density at radius 3 is 2.52 bits per heavy atom. The summed E-state index contributed by atoms with van der Waals surface area (Å²) in [4.78, 5) is 27.8. The average molecular weight is 411 g/mol. The zero-order valence-electron chi connectivity index (χ0n) is 16.6. The summed E-state index contributed by atoms with van der Waals surface area (Å²) >= 11 is 6.08. The van der Waals surface area contributed by atoms with E-state index in [1.54, 1.807) is 35.2 Å². The zero-order valence-corrected chi connectivity index (χ0v) is 17.4. The normalized spacial score (nSPS) is 20.5. The van der Waals surface area contributed by atoms with Gasteiger partial charge in [-0.05, 0) is 41.7 Å². The third kappa shape index (κ3) is 3.40. The van der Waals surface area contributed by atoms with E-state index in [-0.39, 0.29) is 22.9 Å². The molecule has 150 valence electrons. The van der Waals surface area contributed by atoms with Crippen LogP contribution in [0.4, 0.5) is 11.4 Å². The maximum absolute atomic E-state index is 13.3. The molecule has 0 saturated heterocycles. The zero-order chi connectivity index (χ0) is 20.9. The molecule has 1 atom stereocenters. The number of Topliss-reactive ketones (excluding diaryl/α,β-unsaturated/α-hetero) is 1. The summed E-state index contributed by atoms with van der Waals surface area (Å²) in [6.45, 7) is 5.57. The number of halogens is 1. The SMILES string of the molecule is CC(=O)N1c2cccc(O)c2NC2=C(C(=O)CC(C)(C)C2)C1c1ccc(Cl)cc1. The molecule has 0 aromatic heterocycles. The number of fused-ring (bicyclic) bond motifs is 1. The largest absolute Gasteiger partial charge is 0.506 e. The lowest BCUT2D eigenvalue weighted by Gasteiger charge is -2.36. The fraction of sp³-hybridized carbons (Fsp3) is 0.304. The molecule has 0 saturated carbocycles. The number of phenols is 1. The van der Waals surface area contributed by atoms with Crippen LogP contribution in [0, 0.1) is 5.41 Å². The first-order chi connectivity index (χ1) is 13.7. The van der Waals surface area contributed by atoms with Crippen molar-refractivity contribution in [1.29, 1.82) is 0 Å². The number of hydrogen-bond acceptors (Lipinski definition) is 4. The van der Waals surface area contributed by atoms with Crippen molar-refractivity contribution in [2.24, 2.45) is 5.41 Å². The number of rotatable bonds is 1. The van der Waals surface area contributed by atoms with Gasteiger partial charge in [0.05, 0.1) is 11.7 Å². The molecule has 29 heavy (non-hydrogen) atoms. The number of benzene rings is 2. The van der Waals surface area contributed by atoms with Crippen LogP contribution in [0.3, 0.4) is 0 Å². The topological polar surface area (TPSA) is 69.6 Å². The molecule has 1 unspecified atom stereocenters. The molecule has 2 N–H and O–H groups in total. The second-order valence-electron chi connectivity index (χ2n) is 8.47. The third-order valence-corrected chi connectivity index (χ3v) is 5.78. The second-order valence-corrected chi connectivity index (χ2v) is 8.91. The molecule has 1 amide bonds. The lowest BCUT2D eigenvalue weighted by molar-refractivity contribution is -0.118. The van der Waals surface area contributed by atoms with E-state index >= 15 is 0 Å². The number of amides is 1. The van der Waals surface area contributed by atoms with E-state index in [1.165, 1.54) is 6.92 Å². The van der Waals surface area contributed by atoms with Gasteiger partial charge in [-0.1, -0.05) is 43.6 Å². The molecule has 1 heterocycles. The van der Waals surface area contributed by atoms with Crippen molar-refractivity contribution < 1.29 is 14.7 Å². The van der Waals surface area contributed by atoms with Crippen molar-refractivity contribution in [2.75, 3.05) is 10.2 Å². The van der Waals surface area contributed by atoms with E-state index in [4.69, 9.17) is 11.6 Å². The highest BCUT2D eigenvalue weighted by molar-refractivity contribution is 6.30. The lowest BCUT2D eigenvalue weighted by atomic mass is 9.73. The summed E-state index contributed by atoms with van der Waals surface area (Å²) in [7, 11) is 0. The molecule has 2 aliphatic rings. The van der Waals surface area contributed by atoms with Crippen LogP contribution >= 0.6 is 11.6 Å². The molecular formula is C23H23ClN2O3. The predicted molar refractivity (Wildman–Crippen MR) is 114 cm³/mol. The van der Waals surface area contributed by atoms with Gasteiger partial charge in [-0.25, -0.2) is 0 Å². The number of carbonyl (C=O) groups excluding carboxylic acids is 2. The molecule has 0 fully saturated rings. The Hall–Kier alpha value is -2.79. The summed E-state index contributed by atoms with van der Waals surface area (Å²) in [5.41, 5.74) is 2.87. The maximum Gasteiger partial charge on any atom is 0.224 e. The fourth-order valence-electron chi connectivity index (χ4n) is 4.35. The maximum atomic E-state index is 13.3. The van der Waals surface area contributed by atoms with E-state index in [0.717, 1.165) is 11.3 Å². The van der Waals surface area contributed by atoms with Crippen molar-refractivity contribution in [3.63, 3.8) is 0 Å². The highest BCUT2D eigenvalue weighted by Crippen LogP contribution is 2.50. The van der Waals surface area contributed by atoms with Crippen LogP contribution in [0.15, 0.2) is 53.7 Å². The molecule has 0 radical (unpaired) electrons. The minimum Gasteiger partial charge on any atom is -0.506 e. The van der Waals surface area contributed by atoms with Gasteiger partial charge in [-0.3, -0.25) is 14.5 Å². The van der Waals surface area contributed by atoms with Crippen LogP contribution in [0.2, 0.25) is 5.02 Å². The van der Waals surface area contributed by atoms with Crippen molar-refractivity contribution in [1.82, 2.24) is 0 Å².